The second-order valence-electron chi connectivity index (χ2n) is 10.2. The summed E-state index contributed by atoms with van der Waals surface area (Å²) in [6.07, 6.45) is 0.953. The number of hydrogen-bond acceptors (Lipinski definition) is 5. The molecule has 1 unspecified atom stereocenters. The number of urea groups is 1. The third-order valence-corrected chi connectivity index (χ3v) is 7.78. The Morgan fingerprint density at radius 1 is 0.973 bits per heavy atom. The molecule has 3 aliphatic rings. The van der Waals surface area contributed by atoms with Crippen LogP contribution in [0.2, 0.25) is 0 Å². The second-order valence-corrected chi connectivity index (χ2v) is 10.2. The molecule has 8 heteroatoms. The van der Waals surface area contributed by atoms with E-state index in [1.165, 1.54) is 11.1 Å². The summed E-state index contributed by atoms with van der Waals surface area (Å²) in [7, 11) is 0. The second kappa shape index (κ2) is 9.19. The van der Waals surface area contributed by atoms with E-state index >= 15 is 0 Å². The van der Waals surface area contributed by atoms with Crippen LogP contribution in [-0.4, -0.2) is 71.9 Å². The molecule has 2 fully saturated rings. The number of amides is 4. The Balaban J connectivity index is 1.07. The van der Waals surface area contributed by atoms with Gasteiger partial charge in [-0.05, 0) is 46.5 Å². The summed E-state index contributed by atoms with van der Waals surface area (Å²) in [5, 5.41) is 4.87. The molecule has 190 valence electrons. The first-order valence-electron chi connectivity index (χ1n) is 12.8. The van der Waals surface area contributed by atoms with Crippen LogP contribution < -0.4 is 10.1 Å². The number of nitrogens with zero attached hydrogens (tertiary/aromatic N) is 3. The van der Waals surface area contributed by atoms with Crippen LogP contribution in [0.1, 0.15) is 23.6 Å². The fraction of sp³-hybridized carbons (Fsp3) is 0.345. The van der Waals surface area contributed by atoms with Gasteiger partial charge in [0.2, 0.25) is 5.91 Å². The number of carbonyl (C=O) groups excluding carboxylic acids is 3. The molecule has 0 radical (unpaired) electrons. The lowest BCUT2D eigenvalue weighted by Gasteiger charge is -2.35. The van der Waals surface area contributed by atoms with E-state index in [9.17, 15) is 14.4 Å². The van der Waals surface area contributed by atoms with E-state index in [0.717, 1.165) is 54.1 Å². The van der Waals surface area contributed by atoms with Gasteiger partial charge >= 0.3 is 6.03 Å². The van der Waals surface area contributed by atoms with E-state index in [2.05, 4.69) is 22.3 Å². The summed E-state index contributed by atoms with van der Waals surface area (Å²) >= 11 is 0. The van der Waals surface area contributed by atoms with E-state index in [1.54, 1.807) is 11.8 Å². The van der Waals surface area contributed by atoms with Crippen LogP contribution in [0.15, 0.2) is 60.7 Å². The highest BCUT2D eigenvalue weighted by Crippen LogP contribution is 2.31. The summed E-state index contributed by atoms with van der Waals surface area (Å²) in [4.78, 5) is 44.4. The topological polar surface area (TPSA) is 82.2 Å². The Morgan fingerprint density at radius 3 is 2.57 bits per heavy atom. The number of benzene rings is 3. The van der Waals surface area contributed by atoms with Crippen molar-refractivity contribution >= 4 is 28.6 Å². The zero-order valence-electron chi connectivity index (χ0n) is 20.9. The highest BCUT2D eigenvalue weighted by Gasteiger charge is 2.49. The maximum atomic E-state index is 13.4. The van der Waals surface area contributed by atoms with Crippen LogP contribution in [0.4, 0.5) is 4.79 Å². The van der Waals surface area contributed by atoms with Crippen molar-refractivity contribution in [3.63, 3.8) is 0 Å². The monoisotopic (exact) mass is 498 g/mol. The molecule has 0 aliphatic carbocycles. The zero-order valence-corrected chi connectivity index (χ0v) is 20.9. The number of nitrogens with one attached hydrogen (secondary N) is 1. The van der Waals surface area contributed by atoms with Gasteiger partial charge in [-0.25, -0.2) is 4.79 Å². The van der Waals surface area contributed by atoms with Crippen molar-refractivity contribution in [1.82, 2.24) is 20.0 Å². The minimum atomic E-state index is -1.21. The largest absolute Gasteiger partial charge is 0.493 e. The lowest BCUT2D eigenvalue weighted by molar-refractivity contribution is -0.139. The summed E-state index contributed by atoms with van der Waals surface area (Å²) in [6.45, 7) is 5.65. The van der Waals surface area contributed by atoms with Crippen molar-refractivity contribution in [3.05, 3.63) is 77.4 Å². The maximum Gasteiger partial charge on any atom is 0.325 e. The Morgan fingerprint density at radius 2 is 1.76 bits per heavy atom. The maximum absolute atomic E-state index is 13.4. The molecule has 2 saturated heterocycles. The quantitative estimate of drug-likeness (QED) is 0.547. The number of piperazine rings is 1. The molecule has 0 spiro atoms. The van der Waals surface area contributed by atoms with Gasteiger partial charge in [-0.2, -0.15) is 0 Å². The normalized spacial score (nSPS) is 21.8. The first-order chi connectivity index (χ1) is 17.9. The summed E-state index contributed by atoms with van der Waals surface area (Å²) in [5.74, 6) is 0.373. The van der Waals surface area contributed by atoms with Gasteiger partial charge in [0.15, 0.2) is 0 Å². The molecular weight excluding hydrogens is 468 g/mol. The summed E-state index contributed by atoms with van der Waals surface area (Å²) in [6, 6.07) is 19.4. The Kier molecular flexibility index (Phi) is 5.83. The molecule has 1 atom stereocenters. The molecule has 3 aromatic rings. The smallest absolute Gasteiger partial charge is 0.325 e. The molecule has 0 saturated carbocycles. The molecule has 6 rings (SSSR count). The average molecular weight is 499 g/mol. The number of carbonyl (C=O) groups is 3. The Bertz CT molecular complexity index is 1400. The number of imide groups is 1. The van der Waals surface area contributed by atoms with E-state index in [-0.39, 0.29) is 12.5 Å². The highest BCUT2D eigenvalue weighted by atomic mass is 16.5. The lowest BCUT2D eigenvalue weighted by atomic mass is 9.90. The minimum absolute atomic E-state index is 0.208. The molecule has 8 nitrogen and oxygen atoms in total. The number of hydrogen-bond donors (Lipinski definition) is 1. The Hall–Kier alpha value is -3.91. The van der Waals surface area contributed by atoms with E-state index in [4.69, 9.17) is 4.74 Å². The van der Waals surface area contributed by atoms with Gasteiger partial charge in [-0.15, -0.1) is 0 Å². The van der Waals surface area contributed by atoms with E-state index in [1.807, 2.05) is 48.5 Å². The summed E-state index contributed by atoms with van der Waals surface area (Å²) in [5.41, 5.74) is 2.00. The van der Waals surface area contributed by atoms with Crippen LogP contribution >= 0.6 is 0 Å². The van der Waals surface area contributed by atoms with Gasteiger partial charge in [0.05, 0.1) is 6.61 Å². The van der Waals surface area contributed by atoms with Crippen LogP contribution in [0.25, 0.3) is 10.8 Å². The standard InChI is InChI=1S/C29H30N4O4/c1-29(24-8-7-21-4-2-3-5-22(21)17-24)27(35)33(28(36)30-29)19-26(34)32-13-11-31(12-14-32)18-20-6-9-25-23(16-20)10-15-37-25/h2-9,16-17H,10-15,18-19H2,1H3,(H,30,36). The SMILES string of the molecule is CC1(c2ccc3ccccc3c2)NC(=O)N(CC(=O)N2CCN(Cc3ccc4c(c3)CCO4)CC2)C1=O. The van der Waals surface area contributed by atoms with Crippen molar-refractivity contribution in [2.45, 2.75) is 25.4 Å². The van der Waals surface area contributed by atoms with Crippen molar-refractivity contribution in [1.29, 1.82) is 0 Å². The lowest BCUT2D eigenvalue weighted by Crippen LogP contribution is -2.51. The van der Waals surface area contributed by atoms with Gasteiger partial charge < -0.3 is 15.0 Å². The first-order valence-corrected chi connectivity index (χ1v) is 12.8. The first kappa shape index (κ1) is 23.5. The van der Waals surface area contributed by atoms with Crippen molar-refractivity contribution in [2.75, 3.05) is 39.3 Å². The van der Waals surface area contributed by atoms with Crippen LogP contribution in [0.3, 0.4) is 0 Å². The van der Waals surface area contributed by atoms with Gasteiger partial charge in [-0.1, -0.05) is 48.5 Å². The predicted molar refractivity (Wildman–Crippen MR) is 139 cm³/mol. The van der Waals surface area contributed by atoms with Crippen LogP contribution in [-0.2, 0) is 28.1 Å². The minimum Gasteiger partial charge on any atom is -0.493 e. The number of rotatable bonds is 5. The average Bonchev–Trinajstić information content (AvgIpc) is 3.47. The van der Waals surface area contributed by atoms with Crippen molar-refractivity contribution in [2.24, 2.45) is 0 Å². The highest BCUT2D eigenvalue weighted by molar-refractivity contribution is 6.09. The molecule has 4 amide bonds. The molecule has 1 N–H and O–H groups in total. The molecular formula is C29H30N4O4. The van der Waals surface area contributed by atoms with Gasteiger partial charge in [0.1, 0.15) is 17.8 Å². The van der Waals surface area contributed by atoms with Gasteiger partial charge in [-0.3, -0.25) is 19.4 Å². The number of ether oxygens (including phenoxy) is 1. The van der Waals surface area contributed by atoms with Gasteiger partial charge in [0, 0.05) is 39.1 Å². The molecule has 3 heterocycles. The Labute approximate surface area is 215 Å². The third-order valence-electron chi connectivity index (χ3n) is 7.78. The van der Waals surface area contributed by atoms with Crippen molar-refractivity contribution < 1.29 is 19.1 Å². The predicted octanol–water partition coefficient (Wildman–Crippen LogP) is 2.89. The van der Waals surface area contributed by atoms with Gasteiger partial charge in [0.25, 0.3) is 5.91 Å². The van der Waals surface area contributed by atoms with Crippen LogP contribution in [0, 0.1) is 0 Å². The molecule has 0 aromatic heterocycles. The molecule has 3 aliphatic heterocycles. The van der Waals surface area contributed by atoms with E-state index in [0.29, 0.717) is 18.7 Å². The number of fused-ring (bicyclic) bond motifs is 2. The third kappa shape index (κ3) is 4.31. The molecule has 3 aromatic carbocycles. The molecule has 0 bridgehead atoms. The van der Waals surface area contributed by atoms with E-state index < -0.39 is 17.5 Å². The zero-order chi connectivity index (χ0) is 25.6. The van der Waals surface area contributed by atoms with Crippen molar-refractivity contribution in [3.8, 4) is 5.75 Å². The van der Waals surface area contributed by atoms with Crippen LogP contribution in [0.5, 0.6) is 5.75 Å². The summed E-state index contributed by atoms with van der Waals surface area (Å²) < 4.78 is 5.59. The fourth-order valence-electron chi connectivity index (χ4n) is 5.52. The fourth-order valence-corrected chi connectivity index (χ4v) is 5.52. The molecule has 37 heavy (non-hydrogen) atoms.